The number of anilines is 2. The van der Waals surface area contributed by atoms with Crippen molar-refractivity contribution in [3.63, 3.8) is 0 Å². The van der Waals surface area contributed by atoms with Gasteiger partial charge in [0.05, 0.1) is 17.3 Å². The minimum Gasteiger partial charge on any atom is -0.483 e. The first-order valence-electron chi connectivity index (χ1n) is 11.1. The number of likely N-dealkylation sites (N-methyl/N-ethyl adjacent to an activating group) is 1. The predicted octanol–water partition coefficient (Wildman–Crippen LogP) is 2.43. The molecule has 34 heavy (non-hydrogen) atoms. The highest BCUT2D eigenvalue weighted by Crippen LogP contribution is 2.30. The Hall–Kier alpha value is -3.21. The number of aliphatic hydroxyl groups excluding tert-OH is 1. The minimum atomic E-state index is -2.23. The lowest BCUT2D eigenvalue weighted by atomic mass is 10.1. The molecule has 1 aliphatic rings. The molecule has 0 radical (unpaired) electrons. The molecule has 9 nitrogen and oxygen atoms in total. The quantitative estimate of drug-likeness (QED) is 0.400. The molecule has 3 N–H and O–H groups in total. The van der Waals surface area contributed by atoms with Gasteiger partial charge in [-0.05, 0) is 48.7 Å². The zero-order valence-electron chi connectivity index (χ0n) is 18.9. The molecule has 1 fully saturated rings. The highest BCUT2D eigenvalue weighted by atomic mass is 32.2. The van der Waals surface area contributed by atoms with E-state index >= 15 is 0 Å². The number of amides is 1. The van der Waals surface area contributed by atoms with E-state index in [1.807, 2.05) is 12.1 Å². The largest absolute Gasteiger partial charge is 0.483 e. The van der Waals surface area contributed by atoms with E-state index in [0.29, 0.717) is 41.9 Å². The zero-order valence-corrected chi connectivity index (χ0v) is 19.7. The standard InChI is InChI=1S/C24H28N4O5S/c1-27(13-10-17-5-2-3-7-21(17)28-14-11-18(29)15-28)23(30)16-33-22-9-8-20(26-34(31)32)24-19(22)6-4-12-25-24/h2-9,12,18,26,29H,10-11,13-16H2,1H3,(H,31,32)/t18-/m0/s1. The van der Waals surface area contributed by atoms with Crippen LogP contribution in [0.25, 0.3) is 10.9 Å². The average Bonchev–Trinajstić information content (AvgIpc) is 3.27. The van der Waals surface area contributed by atoms with Crippen molar-refractivity contribution < 1.29 is 23.4 Å². The van der Waals surface area contributed by atoms with E-state index in [-0.39, 0.29) is 18.6 Å². The monoisotopic (exact) mass is 484 g/mol. The number of carbonyl (C=O) groups excluding carboxylic acids is 1. The molecular formula is C24H28N4O5S. The van der Waals surface area contributed by atoms with E-state index in [9.17, 15) is 14.1 Å². The van der Waals surface area contributed by atoms with Crippen LogP contribution in [0.3, 0.4) is 0 Å². The molecule has 1 aliphatic heterocycles. The number of rotatable bonds is 9. The number of carbonyl (C=O) groups is 1. The van der Waals surface area contributed by atoms with Crippen molar-refractivity contribution in [3.05, 3.63) is 60.3 Å². The second kappa shape index (κ2) is 10.8. The lowest BCUT2D eigenvalue weighted by Crippen LogP contribution is -2.33. The second-order valence-electron chi connectivity index (χ2n) is 8.23. The molecule has 1 amide bonds. The van der Waals surface area contributed by atoms with Gasteiger partial charge in [-0.3, -0.25) is 19.1 Å². The van der Waals surface area contributed by atoms with Crippen LogP contribution in [0.1, 0.15) is 12.0 Å². The van der Waals surface area contributed by atoms with Crippen LogP contribution in [0.5, 0.6) is 5.75 Å². The topological polar surface area (TPSA) is 115 Å². The predicted molar refractivity (Wildman–Crippen MR) is 132 cm³/mol. The maximum absolute atomic E-state index is 12.7. The molecule has 0 saturated carbocycles. The first-order valence-corrected chi connectivity index (χ1v) is 12.2. The van der Waals surface area contributed by atoms with Crippen LogP contribution in [0.2, 0.25) is 0 Å². The summed E-state index contributed by atoms with van der Waals surface area (Å²) in [4.78, 5) is 20.8. The Bertz CT molecular complexity index is 1190. The summed E-state index contributed by atoms with van der Waals surface area (Å²) in [6.07, 6.45) is 2.74. The Kier molecular flexibility index (Phi) is 7.61. The normalized spacial score (nSPS) is 16.4. The Balaban J connectivity index is 1.37. The molecule has 2 atom stereocenters. The molecule has 2 aromatic carbocycles. The van der Waals surface area contributed by atoms with Crippen LogP contribution in [-0.4, -0.2) is 69.1 Å². The van der Waals surface area contributed by atoms with Crippen molar-refractivity contribution in [1.82, 2.24) is 9.88 Å². The average molecular weight is 485 g/mol. The fourth-order valence-corrected chi connectivity index (χ4v) is 4.46. The van der Waals surface area contributed by atoms with Crippen molar-refractivity contribution >= 4 is 39.5 Å². The number of hydrogen-bond acceptors (Lipinski definition) is 6. The summed E-state index contributed by atoms with van der Waals surface area (Å²) in [6, 6.07) is 14.9. The summed E-state index contributed by atoms with van der Waals surface area (Å²) in [7, 11) is 1.75. The van der Waals surface area contributed by atoms with Gasteiger partial charge in [-0.15, -0.1) is 0 Å². The number of aliphatic hydroxyl groups is 1. The highest BCUT2D eigenvalue weighted by molar-refractivity contribution is 7.80. The van der Waals surface area contributed by atoms with Crippen LogP contribution >= 0.6 is 0 Å². The third-order valence-corrected chi connectivity index (χ3v) is 6.31. The van der Waals surface area contributed by atoms with Gasteiger partial charge in [0.25, 0.3) is 17.2 Å². The first kappa shape index (κ1) is 23.9. The molecule has 180 valence electrons. The summed E-state index contributed by atoms with van der Waals surface area (Å²) in [5, 5.41) is 10.5. The van der Waals surface area contributed by atoms with Crippen molar-refractivity contribution in [2.24, 2.45) is 0 Å². The fourth-order valence-electron chi connectivity index (χ4n) is 4.10. The van der Waals surface area contributed by atoms with Gasteiger partial charge in [-0.25, -0.2) is 4.21 Å². The number of ether oxygens (including phenoxy) is 1. The number of benzene rings is 2. The molecule has 2 heterocycles. The van der Waals surface area contributed by atoms with Crippen molar-refractivity contribution in [3.8, 4) is 5.75 Å². The molecule has 10 heteroatoms. The summed E-state index contributed by atoms with van der Waals surface area (Å²) in [6.45, 7) is 1.85. The fraction of sp³-hybridized carbons (Fsp3) is 0.333. The molecular weight excluding hydrogens is 456 g/mol. The number of aromatic nitrogens is 1. The molecule has 1 saturated heterocycles. The van der Waals surface area contributed by atoms with Crippen LogP contribution in [-0.2, 0) is 22.5 Å². The molecule has 0 bridgehead atoms. The SMILES string of the molecule is CN(CCc1ccccc1N1CC[C@H](O)C1)C(=O)COc1ccc(NS(=O)O)c2ncccc12. The number of fused-ring (bicyclic) bond motifs is 1. The van der Waals surface area contributed by atoms with Crippen molar-refractivity contribution in [2.75, 3.05) is 42.9 Å². The molecule has 0 spiro atoms. The van der Waals surface area contributed by atoms with Crippen LogP contribution < -0.4 is 14.4 Å². The van der Waals surface area contributed by atoms with E-state index in [4.69, 9.17) is 9.29 Å². The Morgan fingerprint density at radius 2 is 2.09 bits per heavy atom. The van der Waals surface area contributed by atoms with E-state index in [1.54, 1.807) is 42.4 Å². The van der Waals surface area contributed by atoms with Gasteiger partial charge in [-0.1, -0.05) is 18.2 Å². The number of hydrogen-bond donors (Lipinski definition) is 3. The molecule has 4 rings (SSSR count). The van der Waals surface area contributed by atoms with Gasteiger partial charge in [0.2, 0.25) is 0 Å². The van der Waals surface area contributed by atoms with Gasteiger partial charge >= 0.3 is 0 Å². The van der Waals surface area contributed by atoms with Gasteiger partial charge < -0.3 is 19.6 Å². The Morgan fingerprint density at radius 1 is 1.26 bits per heavy atom. The molecule has 1 aromatic heterocycles. The first-order chi connectivity index (χ1) is 16.4. The van der Waals surface area contributed by atoms with Gasteiger partial charge in [-0.2, -0.15) is 0 Å². The number of nitrogens with one attached hydrogen (secondary N) is 1. The number of para-hydroxylation sites is 1. The lowest BCUT2D eigenvalue weighted by molar-refractivity contribution is -0.132. The summed E-state index contributed by atoms with van der Waals surface area (Å²) in [5.74, 6) is 0.307. The van der Waals surface area contributed by atoms with Crippen molar-refractivity contribution in [1.29, 1.82) is 0 Å². The van der Waals surface area contributed by atoms with E-state index in [0.717, 1.165) is 24.2 Å². The summed E-state index contributed by atoms with van der Waals surface area (Å²) >= 11 is -2.23. The number of nitrogens with zero attached hydrogens (tertiary/aromatic N) is 3. The lowest BCUT2D eigenvalue weighted by Gasteiger charge is -2.23. The molecule has 0 aliphatic carbocycles. The maximum Gasteiger partial charge on any atom is 0.260 e. The minimum absolute atomic E-state index is 0.140. The van der Waals surface area contributed by atoms with E-state index in [2.05, 4.69) is 26.7 Å². The van der Waals surface area contributed by atoms with Gasteiger partial charge in [0.15, 0.2) is 6.61 Å². The summed E-state index contributed by atoms with van der Waals surface area (Å²) in [5.41, 5.74) is 3.12. The van der Waals surface area contributed by atoms with E-state index in [1.165, 1.54) is 0 Å². The maximum atomic E-state index is 12.7. The molecule has 3 aromatic rings. The Morgan fingerprint density at radius 3 is 2.85 bits per heavy atom. The number of β-amino-alcohol motifs (C(OH)–C–C–N with tert-alkyl or cyclic N) is 1. The summed E-state index contributed by atoms with van der Waals surface area (Å²) < 4.78 is 28.5. The van der Waals surface area contributed by atoms with Crippen LogP contribution in [0, 0.1) is 0 Å². The smallest absolute Gasteiger partial charge is 0.260 e. The van der Waals surface area contributed by atoms with E-state index < -0.39 is 11.3 Å². The van der Waals surface area contributed by atoms with Crippen LogP contribution in [0.4, 0.5) is 11.4 Å². The van der Waals surface area contributed by atoms with Gasteiger partial charge in [0.1, 0.15) is 5.75 Å². The third-order valence-electron chi connectivity index (χ3n) is 5.92. The van der Waals surface area contributed by atoms with Crippen LogP contribution in [0.15, 0.2) is 54.7 Å². The number of pyridine rings is 1. The third kappa shape index (κ3) is 5.64. The van der Waals surface area contributed by atoms with Gasteiger partial charge in [0, 0.05) is 44.0 Å². The zero-order chi connectivity index (χ0) is 24.1. The van der Waals surface area contributed by atoms with Crippen molar-refractivity contribution in [2.45, 2.75) is 18.9 Å². The Labute approximate surface area is 200 Å². The molecule has 1 unspecified atom stereocenters. The highest BCUT2D eigenvalue weighted by Gasteiger charge is 2.22. The second-order valence-corrected chi connectivity index (χ2v) is 8.94.